The van der Waals surface area contributed by atoms with E-state index in [0.29, 0.717) is 6.42 Å². The average molecular weight is 373 g/mol. The van der Waals surface area contributed by atoms with Gasteiger partial charge in [0, 0.05) is 18.2 Å². The van der Waals surface area contributed by atoms with E-state index >= 15 is 0 Å². The SMILES string of the molecule is CN1CCc2ccc(Cc3ccc(O)cc3)c3c2[C@H]1Cc1ccc(O)c(O)c1-3. The zero-order valence-electron chi connectivity index (χ0n) is 15.8. The summed E-state index contributed by atoms with van der Waals surface area (Å²) < 4.78 is 0. The predicted molar refractivity (Wildman–Crippen MR) is 109 cm³/mol. The summed E-state index contributed by atoms with van der Waals surface area (Å²) in [5.74, 6) is 0.157. The summed E-state index contributed by atoms with van der Waals surface area (Å²) in [6.45, 7) is 1.02. The smallest absolute Gasteiger partial charge is 0.165 e. The summed E-state index contributed by atoms with van der Waals surface area (Å²) in [6, 6.07) is 15.4. The van der Waals surface area contributed by atoms with Gasteiger partial charge >= 0.3 is 0 Å². The monoisotopic (exact) mass is 373 g/mol. The molecule has 4 nitrogen and oxygen atoms in total. The normalized spacial score (nSPS) is 17.8. The first-order valence-corrected chi connectivity index (χ1v) is 9.70. The summed E-state index contributed by atoms with van der Waals surface area (Å²) in [6.07, 6.45) is 2.53. The van der Waals surface area contributed by atoms with Crippen molar-refractivity contribution < 1.29 is 15.3 Å². The number of hydrogen-bond donors (Lipinski definition) is 3. The van der Waals surface area contributed by atoms with Crippen LogP contribution < -0.4 is 0 Å². The zero-order chi connectivity index (χ0) is 19.4. The molecule has 4 heteroatoms. The fourth-order valence-electron chi connectivity index (χ4n) is 4.79. The molecule has 1 atom stereocenters. The molecule has 0 unspecified atom stereocenters. The van der Waals surface area contributed by atoms with Crippen molar-refractivity contribution in [3.05, 3.63) is 76.3 Å². The van der Waals surface area contributed by atoms with Gasteiger partial charge in [0.1, 0.15) is 5.75 Å². The van der Waals surface area contributed by atoms with Gasteiger partial charge in [0.25, 0.3) is 0 Å². The molecular formula is C24H23NO3. The van der Waals surface area contributed by atoms with Crippen molar-refractivity contribution in [2.45, 2.75) is 25.3 Å². The van der Waals surface area contributed by atoms with E-state index in [1.807, 2.05) is 18.2 Å². The molecule has 2 aliphatic rings. The van der Waals surface area contributed by atoms with Crippen LogP contribution in [0.4, 0.5) is 0 Å². The average Bonchev–Trinajstić information content (AvgIpc) is 2.70. The van der Waals surface area contributed by atoms with E-state index in [-0.39, 0.29) is 23.3 Å². The van der Waals surface area contributed by atoms with Gasteiger partial charge in [-0.1, -0.05) is 30.3 Å². The van der Waals surface area contributed by atoms with Crippen molar-refractivity contribution in [3.63, 3.8) is 0 Å². The van der Waals surface area contributed by atoms with E-state index in [1.165, 1.54) is 11.1 Å². The predicted octanol–water partition coefficient (Wildman–Crippen LogP) is 4.15. The lowest BCUT2D eigenvalue weighted by Gasteiger charge is -2.40. The molecule has 3 aromatic rings. The molecule has 0 fully saturated rings. The van der Waals surface area contributed by atoms with Crippen LogP contribution in [0.25, 0.3) is 11.1 Å². The molecule has 1 aliphatic carbocycles. The van der Waals surface area contributed by atoms with Crippen LogP contribution in [0.5, 0.6) is 17.2 Å². The fourth-order valence-corrected chi connectivity index (χ4v) is 4.79. The Morgan fingerprint density at radius 2 is 1.64 bits per heavy atom. The third-order valence-electron chi connectivity index (χ3n) is 6.26. The van der Waals surface area contributed by atoms with Crippen LogP contribution in [0.1, 0.15) is 33.9 Å². The standard InChI is InChI=1S/C24H23NO3/c1-25-11-10-15-4-5-16(12-14-2-7-18(26)8-3-14)22-21(15)19(25)13-17-6-9-20(27)24(28)23(17)22/h2-9,19,26-28H,10-13H2,1H3/t19-/m1/s1. The third-order valence-corrected chi connectivity index (χ3v) is 6.26. The maximum Gasteiger partial charge on any atom is 0.165 e. The minimum absolute atomic E-state index is 0.0236. The van der Waals surface area contributed by atoms with E-state index in [9.17, 15) is 15.3 Å². The molecule has 1 heterocycles. The van der Waals surface area contributed by atoms with Crippen LogP contribution in [-0.2, 0) is 19.3 Å². The molecule has 3 N–H and O–H groups in total. The zero-order valence-corrected chi connectivity index (χ0v) is 15.8. The number of rotatable bonds is 2. The highest BCUT2D eigenvalue weighted by atomic mass is 16.3. The summed E-state index contributed by atoms with van der Waals surface area (Å²) in [5, 5.41) is 30.5. The highest BCUT2D eigenvalue weighted by Crippen LogP contribution is 2.51. The molecule has 5 rings (SSSR count). The Balaban J connectivity index is 1.75. The van der Waals surface area contributed by atoms with Crippen LogP contribution in [0.2, 0.25) is 0 Å². The van der Waals surface area contributed by atoms with E-state index in [2.05, 4.69) is 24.1 Å². The van der Waals surface area contributed by atoms with Crippen LogP contribution in [0, 0.1) is 0 Å². The lowest BCUT2D eigenvalue weighted by molar-refractivity contribution is 0.228. The van der Waals surface area contributed by atoms with Crippen LogP contribution >= 0.6 is 0 Å². The van der Waals surface area contributed by atoms with Gasteiger partial charge in [-0.2, -0.15) is 0 Å². The molecule has 142 valence electrons. The van der Waals surface area contributed by atoms with Gasteiger partial charge in [-0.15, -0.1) is 0 Å². The Labute approximate surface area is 164 Å². The summed E-state index contributed by atoms with van der Waals surface area (Å²) in [5.41, 5.74) is 7.77. The number of benzene rings is 3. The molecule has 0 bridgehead atoms. The molecule has 28 heavy (non-hydrogen) atoms. The van der Waals surface area contributed by atoms with E-state index in [1.54, 1.807) is 18.2 Å². The topological polar surface area (TPSA) is 63.9 Å². The van der Waals surface area contributed by atoms with Gasteiger partial charge in [-0.25, -0.2) is 0 Å². The third kappa shape index (κ3) is 2.56. The quantitative estimate of drug-likeness (QED) is 0.591. The fraction of sp³-hybridized carbons (Fsp3) is 0.250. The van der Waals surface area contributed by atoms with E-state index in [4.69, 9.17) is 0 Å². The molecule has 0 radical (unpaired) electrons. The molecule has 0 spiro atoms. The Morgan fingerprint density at radius 3 is 2.43 bits per heavy atom. The number of phenols is 3. The van der Waals surface area contributed by atoms with E-state index < -0.39 is 0 Å². The first-order valence-electron chi connectivity index (χ1n) is 9.70. The molecule has 0 amide bonds. The second kappa shape index (κ2) is 6.28. The number of phenolic OH excluding ortho intramolecular Hbond substituents is 3. The second-order valence-electron chi connectivity index (χ2n) is 7.93. The number of hydrogen-bond acceptors (Lipinski definition) is 4. The van der Waals surface area contributed by atoms with Crippen molar-refractivity contribution in [2.75, 3.05) is 13.6 Å². The number of likely N-dealkylation sites (N-methyl/N-ethyl adjacent to an activating group) is 1. The molecule has 3 aromatic carbocycles. The maximum absolute atomic E-state index is 10.8. The number of fused-ring (bicyclic) bond motifs is 2. The van der Waals surface area contributed by atoms with Gasteiger partial charge < -0.3 is 15.3 Å². The summed E-state index contributed by atoms with van der Waals surface area (Å²) >= 11 is 0. The minimum atomic E-state index is -0.0745. The summed E-state index contributed by atoms with van der Waals surface area (Å²) in [7, 11) is 2.16. The largest absolute Gasteiger partial charge is 0.508 e. The Kier molecular flexibility index (Phi) is 3.84. The van der Waals surface area contributed by atoms with Gasteiger partial charge in [-0.3, -0.25) is 4.90 Å². The molecular weight excluding hydrogens is 350 g/mol. The minimum Gasteiger partial charge on any atom is -0.508 e. The lowest BCUT2D eigenvalue weighted by atomic mass is 9.74. The van der Waals surface area contributed by atoms with Gasteiger partial charge in [-0.05, 0) is 77.9 Å². The molecule has 0 saturated carbocycles. The Hall–Kier alpha value is -2.98. The highest BCUT2D eigenvalue weighted by molar-refractivity contribution is 5.84. The van der Waals surface area contributed by atoms with Crippen molar-refractivity contribution >= 4 is 0 Å². The van der Waals surface area contributed by atoms with Crippen LogP contribution in [0.3, 0.4) is 0 Å². The molecule has 0 saturated heterocycles. The van der Waals surface area contributed by atoms with E-state index in [0.717, 1.165) is 47.2 Å². The molecule has 0 aromatic heterocycles. The van der Waals surface area contributed by atoms with Crippen molar-refractivity contribution in [1.82, 2.24) is 4.90 Å². The van der Waals surface area contributed by atoms with Crippen LogP contribution in [-0.4, -0.2) is 33.8 Å². The van der Waals surface area contributed by atoms with Gasteiger partial charge in [0.2, 0.25) is 0 Å². The summed E-state index contributed by atoms with van der Waals surface area (Å²) in [4.78, 5) is 2.39. The Bertz CT molecular complexity index is 1070. The molecule has 1 aliphatic heterocycles. The van der Waals surface area contributed by atoms with Gasteiger partial charge in [0.15, 0.2) is 11.5 Å². The number of aromatic hydroxyl groups is 3. The van der Waals surface area contributed by atoms with Crippen molar-refractivity contribution in [1.29, 1.82) is 0 Å². The van der Waals surface area contributed by atoms with Crippen molar-refractivity contribution in [3.8, 4) is 28.4 Å². The first kappa shape index (κ1) is 17.1. The second-order valence-corrected chi connectivity index (χ2v) is 7.93. The van der Waals surface area contributed by atoms with Crippen molar-refractivity contribution in [2.24, 2.45) is 0 Å². The lowest BCUT2D eigenvalue weighted by Crippen LogP contribution is -2.35. The highest BCUT2D eigenvalue weighted by Gasteiger charge is 2.35. The maximum atomic E-state index is 10.8. The number of nitrogens with zero attached hydrogens (tertiary/aromatic N) is 1. The Morgan fingerprint density at radius 1 is 0.893 bits per heavy atom. The first-order chi connectivity index (χ1) is 13.5. The van der Waals surface area contributed by atoms with Gasteiger partial charge in [0.05, 0.1) is 0 Å². The van der Waals surface area contributed by atoms with Crippen LogP contribution in [0.15, 0.2) is 48.5 Å².